The zero-order chi connectivity index (χ0) is 31.1. The first-order valence-corrected chi connectivity index (χ1v) is 13.4. The van der Waals surface area contributed by atoms with Crippen LogP contribution in [0.4, 0.5) is 20.3 Å². The summed E-state index contributed by atoms with van der Waals surface area (Å²) in [4.78, 5) is 33.3. The summed E-state index contributed by atoms with van der Waals surface area (Å²) in [5.41, 5.74) is 7.96. The molecule has 0 radical (unpaired) electrons. The van der Waals surface area contributed by atoms with Gasteiger partial charge in [0.25, 0.3) is 5.91 Å². The largest absolute Gasteiger partial charge is 0.476 e. The van der Waals surface area contributed by atoms with E-state index in [9.17, 15) is 23.5 Å². The number of carbonyl (C=O) groups is 2. The third-order valence-corrected chi connectivity index (χ3v) is 6.57. The van der Waals surface area contributed by atoms with Crippen molar-refractivity contribution in [3.8, 4) is 23.1 Å². The summed E-state index contributed by atoms with van der Waals surface area (Å²) in [5.74, 6) is -3.22. The summed E-state index contributed by atoms with van der Waals surface area (Å²) in [6.07, 6.45) is 3.98. The van der Waals surface area contributed by atoms with Crippen LogP contribution in [0, 0.1) is 23.0 Å². The minimum atomic E-state index is -1.21. The number of benzene rings is 2. The fourth-order valence-electron chi connectivity index (χ4n) is 4.27. The van der Waals surface area contributed by atoms with Gasteiger partial charge in [-0.15, -0.1) is 0 Å². The summed E-state index contributed by atoms with van der Waals surface area (Å²) in [6.45, 7) is 3.20. The molecule has 0 bridgehead atoms. The molecule has 0 aliphatic heterocycles. The Bertz CT molecular complexity index is 1690. The molecule has 2 aromatic carbocycles. The van der Waals surface area contributed by atoms with Gasteiger partial charge in [0, 0.05) is 42.3 Å². The number of nitrogens with one attached hydrogen (secondary N) is 3. The minimum Gasteiger partial charge on any atom is -0.476 e. The lowest BCUT2D eigenvalue weighted by Crippen LogP contribution is -2.48. The van der Waals surface area contributed by atoms with Gasteiger partial charge in [-0.1, -0.05) is 6.92 Å². The summed E-state index contributed by atoms with van der Waals surface area (Å²) >= 11 is 0. The monoisotopic (exact) mass is 592 g/mol. The van der Waals surface area contributed by atoms with E-state index in [0.29, 0.717) is 29.1 Å². The van der Waals surface area contributed by atoms with Crippen LogP contribution in [0.5, 0.6) is 5.75 Å². The van der Waals surface area contributed by atoms with Crippen molar-refractivity contribution in [2.45, 2.75) is 32.4 Å². The number of rotatable bonds is 12. The Kier molecular flexibility index (Phi) is 9.81. The van der Waals surface area contributed by atoms with Gasteiger partial charge < -0.3 is 31.5 Å². The fourth-order valence-corrected chi connectivity index (χ4v) is 4.27. The maximum absolute atomic E-state index is 14.9. The number of aryl methyl sites for hydroxylation is 1. The first kappa shape index (κ1) is 30.8. The summed E-state index contributed by atoms with van der Waals surface area (Å²) < 4.78 is 36.0. The van der Waals surface area contributed by atoms with Crippen molar-refractivity contribution < 1.29 is 28.2 Å². The molecule has 0 saturated heterocycles. The van der Waals surface area contributed by atoms with E-state index in [0.717, 1.165) is 5.56 Å². The molecular weight excluding hydrogens is 562 g/mol. The van der Waals surface area contributed by atoms with Gasteiger partial charge in [0.2, 0.25) is 11.7 Å². The van der Waals surface area contributed by atoms with E-state index in [2.05, 4.69) is 25.9 Å². The van der Waals surface area contributed by atoms with Crippen molar-refractivity contribution in [1.29, 1.82) is 5.26 Å². The molecule has 12 nitrogen and oxygen atoms in total. The predicted molar refractivity (Wildman–Crippen MR) is 154 cm³/mol. The predicted octanol–water partition coefficient (Wildman–Crippen LogP) is 2.44. The Morgan fingerprint density at radius 1 is 1.16 bits per heavy atom. The van der Waals surface area contributed by atoms with Crippen LogP contribution in [0.3, 0.4) is 0 Å². The van der Waals surface area contributed by atoms with Crippen LogP contribution in [-0.2, 0) is 11.2 Å². The average Bonchev–Trinajstić information content (AvgIpc) is 3.44. The van der Waals surface area contributed by atoms with E-state index in [1.54, 1.807) is 34.9 Å². The van der Waals surface area contributed by atoms with Gasteiger partial charge in [-0.05, 0) is 49.2 Å². The van der Waals surface area contributed by atoms with Crippen LogP contribution in [0.2, 0.25) is 0 Å². The number of hydrogen-bond acceptors (Lipinski definition) is 9. The summed E-state index contributed by atoms with van der Waals surface area (Å²) in [5, 5.41) is 26.5. The van der Waals surface area contributed by atoms with E-state index in [1.165, 1.54) is 31.5 Å². The standard InChI is InChI=1S/C29H30F2N8O4/c1-3-17-14-18(4-5-19(17)28(41)35-9-10-36-29(42)25(33)16(2)40)38-26-27-37-15-21(39(27)12-11-34-26)20-6-7-22(43-13-8-32)24(31)23(20)30/h4-7,11-12,14-16,25,40H,3,9-10,13,33H2,1-2H3,(H,34,38)(H,35,41)(H,36,42)/t16-,25+/m1/s1. The number of aliphatic hydroxyl groups excluding tert-OH is 1. The number of ether oxygens (including phenoxy) is 1. The fraction of sp³-hybridized carbons (Fsp3) is 0.276. The van der Waals surface area contributed by atoms with Crippen molar-refractivity contribution in [3.63, 3.8) is 0 Å². The highest BCUT2D eigenvalue weighted by Gasteiger charge is 2.20. The molecule has 0 aliphatic carbocycles. The highest BCUT2D eigenvalue weighted by molar-refractivity contribution is 5.96. The van der Waals surface area contributed by atoms with Gasteiger partial charge in [0.15, 0.2) is 29.6 Å². The summed E-state index contributed by atoms with van der Waals surface area (Å²) in [7, 11) is 0. The van der Waals surface area contributed by atoms with Gasteiger partial charge in [-0.3, -0.25) is 14.0 Å². The average molecular weight is 593 g/mol. The molecule has 2 atom stereocenters. The normalized spacial score (nSPS) is 12.3. The molecule has 0 aliphatic rings. The van der Waals surface area contributed by atoms with Crippen LogP contribution in [-0.4, -0.2) is 63.1 Å². The Morgan fingerprint density at radius 2 is 1.93 bits per heavy atom. The topological polar surface area (TPSA) is 180 Å². The lowest BCUT2D eigenvalue weighted by atomic mass is 10.0. The molecule has 43 heavy (non-hydrogen) atoms. The quantitative estimate of drug-likeness (QED) is 0.154. The lowest BCUT2D eigenvalue weighted by molar-refractivity contribution is -0.124. The highest BCUT2D eigenvalue weighted by atomic mass is 19.2. The number of anilines is 2. The molecule has 6 N–H and O–H groups in total. The molecule has 2 amide bonds. The number of imidazole rings is 1. The molecule has 0 saturated carbocycles. The SMILES string of the molecule is CCc1cc(Nc2nccn3c(-c4ccc(OCC#N)c(F)c4F)cnc23)ccc1C(=O)NCCNC(=O)[C@@H](N)[C@@H](C)O. The number of aromatic nitrogens is 3. The Balaban J connectivity index is 1.49. The van der Waals surface area contributed by atoms with Crippen molar-refractivity contribution in [1.82, 2.24) is 25.0 Å². The number of carbonyl (C=O) groups excluding carboxylic acids is 2. The van der Waals surface area contributed by atoms with E-state index < -0.39 is 36.3 Å². The van der Waals surface area contributed by atoms with Gasteiger partial charge in [-0.25, -0.2) is 14.4 Å². The zero-order valence-electron chi connectivity index (χ0n) is 23.4. The first-order chi connectivity index (χ1) is 20.7. The van der Waals surface area contributed by atoms with Gasteiger partial charge in [0.1, 0.15) is 12.1 Å². The van der Waals surface area contributed by atoms with E-state index >= 15 is 0 Å². The minimum absolute atomic E-state index is 0.0551. The lowest BCUT2D eigenvalue weighted by Gasteiger charge is -2.15. The van der Waals surface area contributed by atoms with Gasteiger partial charge in [-0.2, -0.15) is 9.65 Å². The van der Waals surface area contributed by atoms with E-state index in [1.807, 2.05) is 6.92 Å². The molecular formula is C29H30F2N8O4. The second kappa shape index (κ2) is 13.7. The van der Waals surface area contributed by atoms with Crippen LogP contribution in [0.25, 0.3) is 16.9 Å². The van der Waals surface area contributed by atoms with Crippen molar-refractivity contribution in [2.75, 3.05) is 25.0 Å². The van der Waals surface area contributed by atoms with Crippen molar-refractivity contribution >= 4 is 29.0 Å². The number of nitrogens with zero attached hydrogens (tertiary/aromatic N) is 4. The molecule has 0 spiro atoms. The second-order valence-corrected chi connectivity index (χ2v) is 9.46. The number of aliphatic hydroxyl groups is 1. The number of halogens is 2. The Morgan fingerprint density at radius 3 is 2.65 bits per heavy atom. The number of fused-ring (bicyclic) bond motifs is 1. The molecule has 4 rings (SSSR count). The van der Waals surface area contributed by atoms with Gasteiger partial charge in [0.05, 0.1) is 18.0 Å². The maximum Gasteiger partial charge on any atom is 0.251 e. The molecule has 2 aromatic heterocycles. The Labute approximate surface area is 245 Å². The second-order valence-electron chi connectivity index (χ2n) is 9.46. The van der Waals surface area contributed by atoms with E-state index in [-0.39, 0.29) is 36.0 Å². The van der Waals surface area contributed by atoms with Crippen LogP contribution < -0.4 is 26.4 Å². The molecule has 14 heteroatoms. The zero-order valence-corrected chi connectivity index (χ0v) is 23.4. The summed E-state index contributed by atoms with van der Waals surface area (Å²) in [6, 6.07) is 8.40. The third-order valence-electron chi connectivity index (χ3n) is 6.57. The molecule has 2 heterocycles. The molecule has 224 valence electrons. The van der Waals surface area contributed by atoms with E-state index in [4.69, 9.17) is 15.7 Å². The Hall–Kier alpha value is -5.13. The van der Waals surface area contributed by atoms with Crippen LogP contribution in [0.15, 0.2) is 48.9 Å². The molecule has 4 aromatic rings. The third kappa shape index (κ3) is 6.85. The number of nitrogens with two attached hydrogens (primary N) is 1. The number of hydrogen-bond donors (Lipinski definition) is 5. The number of nitriles is 1. The first-order valence-electron chi connectivity index (χ1n) is 13.4. The molecule has 0 fully saturated rings. The van der Waals surface area contributed by atoms with Gasteiger partial charge >= 0.3 is 0 Å². The van der Waals surface area contributed by atoms with Crippen molar-refractivity contribution in [2.24, 2.45) is 5.73 Å². The molecule has 0 unspecified atom stereocenters. The number of amides is 2. The maximum atomic E-state index is 14.9. The highest BCUT2D eigenvalue weighted by Crippen LogP contribution is 2.32. The smallest absolute Gasteiger partial charge is 0.251 e. The van der Waals surface area contributed by atoms with Crippen molar-refractivity contribution in [3.05, 3.63) is 71.7 Å². The van der Waals surface area contributed by atoms with Crippen LogP contribution in [0.1, 0.15) is 29.8 Å². The van der Waals surface area contributed by atoms with Crippen LogP contribution >= 0.6 is 0 Å².